The van der Waals surface area contributed by atoms with Gasteiger partial charge in [0, 0.05) is 11.5 Å². The van der Waals surface area contributed by atoms with Crippen LogP contribution in [-0.4, -0.2) is 25.4 Å². The van der Waals surface area contributed by atoms with Gasteiger partial charge in [0.1, 0.15) is 11.5 Å². The molecule has 0 spiro atoms. The summed E-state index contributed by atoms with van der Waals surface area (Å²) in [7, 11) is 1.63. The number of hydrogen-bond donors (Lipinski definition) is 1. The number of aliphatic hydroxyl groups is 1. The van der Waals surface area contributed by atoms with E-state index in [9.17, 15) is 5.11 Å². The first-order chi connectivity index (χ1) is 9.35. The number of aliphatic hydroxyl groups excluding tert-OH is 1. The van der Waals surface area contributed by atoms with E-state index in [1.807, 2.05) is 54.6 Å². The third-order valence-electron chi connectivity index (χ3n) is 2.99. The Bertz CT molecular complexity index is 496. The maximum Gasteiger partial charge on any atom is 0.122 e. The van der Waals surface area contributed by atoms with Gasteiger partial charge in [-0.3, -0.25) is 0 Å². The molecule has 1 N–H and O–H groups in total. The molecule has 0 aliphatic rings. The zero-order valence-electron chi connectivity index (χ0n) is 11.0. The van der Waals surface area contributed by atoms with Crippen molar-refractivity contribution in [2.24, 2.45) is 0 Å². The van der Waals surface area contributed by atoms with Crippen LogP contribution in [0.2, 0.25) is 0 Å². The summed E-state index contributed by atoms with van der Waals surface area (Å²) in [6, 6.07) is 17.3. The normalized spacial score (nSPS) is 11.9. The fourth-order valence-corrected chi connectivity index (χ4v) is 1.96. The van der Waals surface area contributed by atoms with E-state index in [1.54, 1.807) is 7.11 Å². The van der Waals surface area contributed by atoms with Crippen LogP contribution in [-0.2, 0) is 0 Å². The molecule has 0 saturated heterocycles. The summed E-state index contributed by atoms with van der Waals surface area (Å²) in [6.07, 6.45) is 0. The Balaban J connectivity index is 2.08. The molecule has 3 heteroatoms. The van der Waals surface area contributed by atoms with Gasteiger partial charge in [0.25, 0.3) is 0 Å². The van der Waals surface area contributed by atoms with Crippen LogP contribution in [0.15, 0.2) is 54.6 Å². The number of rotatable bonds is 6. The van der Waals surface area contributed by atoms with Crippen LogP contribution in [0.1, 0.15) is 11.5 Å². The molecule has 19 heavy (non-hydrogen) atoms. The van der Waals surface area contributed by atoms with Gasteiger partial charge in [0.2, 0.25) is 0 Å². The summed E-state index contributed by atoms with van der Waals surface area (Å²) in [5.41, 5.74) is 0.962. The van der Waals surface area contributed by atoms with Gasteiger partial charge in [0.15, 0.2) is 0 Å². The third-order valence-corrected chi connectivity index (χ3v) is 2.99. The first kappa shape index (κ1) is 13.4. The summed E-state index contributed by atoms with van der Waals surface area (Å²) >= 11 is 0. The van der Waals surface area contributed by atoms with Gasteiger partial charge in [-0.05, 0) is 18.2 Å². The molecule has 2 rings (SSSR count). The topological polar surface area (TPSA) is 38.7 Å². The molecule has 2 aromatic carbocycles. The van der Waals surface area contributed by atoms with Gasteiger partial charge >= 0.3 is 0 Å². The quantitative estimate of drug-likeness (QED) is 0.866. The van der Waals surface area contributed by atoms with E-state index in [0.717, 1.165) is 17.1 Å². The highest BCUT2D eigenvalue weighted by atomic mass is 16.5. The monoisotopic (exact) mass is 258 g/mol. The predicted octanol–water partition coefficient (Wildman–Crippen LogP) is 2.85. The lowest BCUT2D eigenvalue weighted by molar-refractivity contribution is 0.202. The second kappa shape index (κ2) is 6.81. The Morgan fingerprint density at radius 3 is 2.37 bits per heavy atom. The van der Waals surface area contributed by atoms with Crippen LogP contribution < -0.4 is 9.47 Å². The Labute approximate surface area is 113 Å². The average molecular weight is 258 g/mol. The van der Waals surface area contributed by atoms with Crippen LogP contribution in [0.4, 0.5) is 0 Å². The number of ether oxygens (including phenoxy) is 2. The predicted molar refractivity (Wildman–Crippen MR) is 74.8 cm³/mol. The van der Waals surface area contributed by atoms with Crippen molar-refractivity contribution in [3.05, 3.63) is 60.2 Å². The standard InChI is InChI=1S/C16H18O3/c1-18-16-10-6-5-9-15(16)13(11-17)12-19-14-7-3-2-4-8-14/h2-10,13,17H,11-12H2,1H3. The smallest absolute Gasteiger partial charge is 0.122 e. The van der Waals surface area contributed by atoms with E-state index < -0.39 is 0 Å². The highest BCUT2D eigenvalue weighted by Crippen LogP contribution is 2.26. The highest BCUT2D eigenvalue weighted by molar-refractivity contribution is 5.36. The lowest BCUT2D eigenvalue weighted by Gasteiger charge is -2.18. The minimum absolute atomic E-state index is 0.0210. The second-order valence-corrected chi connectivity index (χ2v) is 4.25. The van der Waals surface area contributed by atoms with Crippen molar-refractivity contribution >= 4 is 0 Å². The van der Waals surface area contributed by atoms with E-state index in [2.05, 4.69) is 0 Å². The van der Waals surface area contributed by atoms with Crippen LogP contribution in [0, 0.1) is 0 Å². The molecule has 0 radical (unpaired) electrons. The molecule has 100 valence electrons. The van der Waals surface area contributed by atoms with E-state index in [1.165, 1.54) is 0 Å². The van der Waals surface area contributed by atoms with Crippen molar-refractivity contribution in [2.45, 2.75) is 5.92 Å². The summed E-state index contributed by atoms with van der Waals surface area (Å²) in [5.74, 6) is 1.48. The molecule has 0 fully saturated rings. The number of para-hydroxylation sites is 2. The fraction of sp³-hybridized carbons (Fsp3) is 0.250. The SMILES string of the molecule is COc1ccccc1C(CO)COc1ccccc1. The van der Waals surface area contributed by atoms with Crippen LogP contribution in [0.3, 0.4) is 0 Å². The summed E-state index contributed by atoms with van der Waals surface area (Å²) < 4.78 is 11.0. The van der Waals surface area contributed by atoms with Crippen molar-refractivity contribution in [1.29, 1.82) is 0 Å². The molecular weight excluding hydrogens is 240 g/mol. The molecule has 0 amide bonds. The molecular formula is C16H18O3. The maximum absolute atomic E-state index is 9.54. The van der Waals surface area contributed by atoms with Crippen molar-refractivity contribution in [2.75, 3.05) is 20.3 Å². The molecule has 0 heterocycles. The Morgan fingerprint density at radius 2 is 1.68 bits per heavy atom. The number of hydrogen-bond acceptors (Lipinski definition) is 3. The van der Waals surface area contributed by atoms with Gasteiger partial charge in [0.05, 0.1) is 20.3 Å². The van der Waals surface area contributed by atoms with Crippen molar-refractivity contribution in [3.8, 4) is 11.5 Å². The van der Waals surface area contributed by atoms with Crippen LogP contribution >= 0.6 is 0 Å². The van der Waals surface area contributed by atoms with Gasteiger partial charge in [-0.2, -0.15) is 0 Å². The van der Waals surface area contributed by atoms with Crippen LogP contribution in [0.25, 0.3) is 0 Å². The van der Waals surface area contributed by atoms with E-state index in [0.29, 0.717) is 6.61 Å². The molecule has 3 nitrogen and oxygen atoms in total. The molecule has 0 aromatic heterocycles. The maximum atomic E-state index is 9.54. The fourth-order valence-electron chi connectivity index (χ4n) is 1.96. The molecule has 1 unspecified atom stereocenters. The van der Waals surface area contributed by atoms with Gasteiger partial charge in [-0.1, -0.05) is 36.4 Å². The number of methoxy groups -OCH3 is 1. The first-order valence-electron chi connectivity index (χ1n) is 6.26. The molecule has 0 bridgehead atoms. The zero-order chi connectivity index (χ0) is 13.5. The molecule has 1 atom stereocenters. The average Bonchev–Trinajstić information content (AvgIpc) is 2.49. The van der Waals surface area contributed by atoms with Crippen molar-refractivity contribution < 1.29 is 14.6 Å². The van der Waals surface area contributed by atoms with Crippen molar-refractivity contribution in [1.82, 2.24) is 0 Å². The second-order valence-electron chi connectivity index (χ2n) is 4.25. The molecule has 0 saturated carbocycles. The van der Waals surface area contributed by atoms with Crippen molar-refractivity contribution in [3.63, 3.8) is 0 Å². The van der Waals surface area contributed by atoms with Gasteiger partial charge < -0.3 is 14.6 Å². The molecule has 0 aliphatic heterocycles. The Hall–Kier alpha value is -2.00. The largest absolute Gasteiger partial charge is 0.496 e. The minimum atomic E-state index is -0.101. The zero-order valence-corrected chi connectivity index (χ0v) is 11.0. The number of benzene rings is 2. The Morgan fingerprint density at radius 1 is 1.00 bits per heavy atom. The van der Waals surface area contributed by atoms with Gasteiger partial charge in [-0.25, -0.2) is 0 Å². The Kier molecular flexibility index (Phi) is 4.81. The first-order valence-corrected chi connectivity index (χ1v) is 6.26. The summed E-state index contributed by atoms with van der Waals surface area (Å²) in [4.78, 5) is 0. The molecule has 0 aliphatic carbocycles. The lowest BCUT2D eigenvalue weighted by Crippen LogP contribution is -2.15. The van der Waals surface area contributed by atoms with E-state index >= 15 is 0 Å². The third kappa shape index (κ3) is 3.48. The van der Waals surface area contributed by atoms with Gasteiger partial charge in [-0.15, -0.1) is 0 Å². The van der Waals surface area contributed by atoms with E-state index in [-0.39, 0.29) is 12.5 Å². The van der Waals surface area contributed by atoms with Crippen LogP contribution in [0.5, 0.6) is 11.5 Å². The summed E-state index contributed by atoms with van der Waals surface area (Å²) in [5, 5.41) is 9.54. The minimum Gasteiger partial charge on any atom is -0.496 e. The lowest BCUT2D eigenvalue weighted by atomic mass is 10.00. The highest BCUT2D eigenvalue weighted by Gasteiger charge is 2.15. The summed E-state index contributed by atoms with van der Waals surface area (Å²) in [6.45, 7) is 0.439. The van der Waals surface area contributed by atoms with E-state index in [4.69, 9.17) is 9.47 Å². The molecule has 2 aromatic rings.